The second kappa shape index (κ2) is 6.02. The van der Waals surface area contributed by atoms with Crippen LogP contribution in [0.1, 0.15) is 18.9 Å². The van der Waals surface area contributed by atoms with Gasteiger partial charge < -0.3 is 4.90 Å². The van der Waals surface area contributed by atoms with Crippen molar-refractivity contribution in [1.82, 2.24) is 9.80 Å². The van der Waals surface area contributed by atoms with Crippen LogP contribution in [0.5, 0.6) is 0 Å². The molecule has 0 atom stereocenters. The quantitative estimate of drug-likeness (QED) is 0.715. The zero-order chi connectivity index (χ0) is 11.2. The number of hydrogen-bond donors (Lipinski definition) is 0. The Labute approximate surface area is 98.9 Å². The molecule has 1 aromatic rings. The van der Waals surface area contributed by atoms with Crippen molar-refractivity contribution < 1.29 is 0 Å². The second-order valence-electron chi connectivity index (χ2n) is 4.60. The van der Waals surface area contributed by atoms with Gasteiger partial charge in [0.25, 0.3) is 0 Å². The van der Waals surface area contributed by atoms with Gasteiger partial charge in [-0.3, -0.25) is 4.90 Å². The van der Waals surface area contributed by atoms with Crippen molar-refractivity contribution in [2.24, 2.45) is 0 Å². The molecule has 0 radical (unpaired) electrons. The molecule has 0 unspecified atom stereocenters. The molecule has 0 saturated carbocycles. The molecule has 2 heterocycles. The number of nitrogens with zero attached hydrogens (tertiary/aromatic N) is 2. The van der Waals surface area contributed by atoms with Crippen LogP contribution >= 0.6 is 0 Å². The van der Waals surface area contributed by atoms with Gasteiger partial charge in [-0.25, -0.2) is 0 Å². The van der Waals surface area contributed by atoms with Crippen molar-refractivity contribution >= 4 is 0 Å². The fraction of sp³-hybridized carbons (Fsp3) is 0.571. The molecule has 2 heteroatoms. The highest BCUT2D eigenvalue weighted by Crippen LogP contribution is 2.10. The van der Waals surface area contributed by atoms with E-state index >= 15 is 0 Å². The summed E-state index contributed by atoms with van der Waals surface area (Å²) in [7, 11) is 0. The maximum absolute atomic E-state index is 2.43. The summed E-state index contributed by atoms with van der Waals surface area (Å²) in [5, 5.41) is 0. The smallest absolute Gasteiger partial charge is 0.0234 e. The fourth-order valence-corrected chi connectivity index (χ4v) is 1.68. The standard InChI is InChI=1S/C9H11N.C5H11N/c1-2-4-9(5-3-1)8-10-6-7-10;1-2-3-6-4-5-6/h1-5H,6-8H2;2-5H2,1H3. The predicted octanol–water partition coefficient (Wildman–Crippen LogP) is 2.21. The predicted molar refractivity (Wildman–Crippen MR) is 68.5 cm³/mol. The van der Waals surface area contributed by atoms with E-state index in [1.807, 2.05) is 0 Å². The van der Waals surface area contributed by atoms with Crippen LogP contribution in [0.3, 0.4) is 0 Å². The lowest BCUT2D eigenvalue weighted by atomic mass is 10.2. The van der Waals surface area contributed by atoms with E-state index in [0.717, 1.165) is 6.54 Å². The number of rotatable bonds is 4. The summed E-state index contributed by atoms with van der Waals surface area (Å²) < 4.78 is 0. The zero-order valence-electron chi connectivity index (χ0n) is 10.2. The van der Waals surface area contributed by atoms with E-state index in [1.165, 1.54) is 44.7 Å². The van der Waals surface area contributed by atoms with E-state index < -0.39 is 0 Å². The molecule has 1 aromatic carbocycles. The molecule has 0 aromatic heterocycles. The Kier molecular flexibility index (Phi) is 4.37. The average Bonchev–Trinajstić information content (AvgIpc) is 3.16. The van der Waals surface area contributed by atoms with E-state index in [1.54, 1.807) is 0 Å². The summed E-state index contributed by atoms with van der Waals surface area (Å²) in [6.45, 7) is 9.96. The maximum atomic E-state index is 2.43. The minimum atomic E-state index is 1.14. The van der Waals surface area contributed by atoms with Crippen molar-refractivity contribution in [3.05, 3.63) is 35.9 Å². The number of hydrogen-bond acceptors (Lipinski definition) is 2. The molecule has 0 spiro atoms. The van der Waals surface area contributed by atoms with Gasteiger partial charge >= 0.3 is 0 Å². The van der Waals surface area contributed by atoms with E-state index in [4.69, 9.17) is 0 Å². The van der Waals surface area contributed by atoms with Crippen molar-refractivity contribution in [1.29, 1.82) is 0 Å². The third-order valence-electron chi connectivity index (χ3n) is 2.87. The van der Waals surface area contributed by atoms with Gasteiger partial charge in [-0.2, -0.15) is 0 Å². The molecular formula is C14H22N2. The molecule has 2 aliphatic rings. The highest BCUT2D eigenvalue weighted by atomic mass is 15.3. The molecule has 2 saturated heterocycles. The normalized spacial score (nSPS) is 18.8. The molecular weight excluding hydrogens is 196 g/mol. The second-order valence-corrected chi connectivity index (χ2v) is 4.60. The third-order valence-corrected chi connectivity index (χ3v) is 2.87. The molecule has 2 nitrogen and oxygen atoms in total. The summed E-state index contributed by atoms with van der Waals surface area (Å²) in [4.78, 5) is 4.84. The first-order valence-corrected chi connectivity index (χ1v) is 6.37. The first-order valence-electron chi connectivity index (χ1n) is 6.37. The van der Waals surface area contributed by atoms with Gasteiger partial charge in [0.1, 0.15) is 0 Å². The molecule has 0 bridgehead atoms. The molecule has 16 heavy (non-hydrogen) atoms. The van der Waals surface area contributed by atoms with Gasteiger partial charge in [0.05, 0.1) is 0 Å². The van der Waals surface area contributed by atoms with Crippen molar-refractivity contribution in [3.63, 3.8) is 0 Å². The van der Waals surface area contributed by atoms with Crippen molar-refractivity contribution in [2.45, 2.75) is 19.9 Å². The molecule has 3 rings (SSSR count). The summed E-state index contributed by atoms with van der Waals surface area (Å²) in [5.74, 6) is 0. The van der Waals surface area contributed by atoms with E-state index in [9.17, 15) is 0 Å². The van der Waals surface area contributed by atoms with Gasteiger partial charge in [0, 0.05) is 32.7 Å². The maximum Gasteiger partial charge on any atom is 0.0234 e. The summed E-state index contributed by atoms with van der Waals surface area (Å²) in [6, 6.07) is 10.6. The number of benzene rings is 1. The van der Waals surface area contributed by atoms with Crippen LogP contribution < -0.4 is 0 Å². The van der Waals surface area contributed by atoms with Gasteiger partial charge in [-0.1, -0.05) is 37.3 Å². The minimum Gasteiger partial charge on any atom is -0.301 e. The van der Waals surface area contributed by atoms with Crippen LogP contribution in [0.15, 0.2) is 30.3 Å². The summed E-state index contributed by atoms with van der Waals surface area (Å²) in [6.07, 6.45) is 1.32. The third kappa shape index (κ3) is 4.77. The lowest BCUT2D eigenvalue weighted by Crippen LogP contribution is -1.95. The highest BCUT2D eigenvalue weighted by Gasteiger charge is 2.16. The Morgan fingerprint density at radius 3 is 2.00 bits per heavy atom. The van der Waals surface area contributed by atoms with Gasteiger partial charge in [0.15, 0.2) is 0 Å². The van der Waals surface area contributed by atoms with Crippen LogP contribution in [-0.2, 0) is 6.54 Å². The first-order chi connectivity index (χ1) is 7.88. The Morgan fingerprint density at radius 2 is 1.56 bits per heavy atom. The molecule has 0 N–H and O–H groups in total. The summed E-state index contributed by atoms with van der Waals surface area (Å²) >= 11 is 0. The van der Waals surface area contributed by atoms with E-state index in [-0.39, 0.29) is 0 Å². The van der Waals surface area contributed by atoms with Crippen LogP contribution in [0, 0.1) is 0 Å². The fourth-order valence-electron chi connectivity index (χ4n) is 1.68. The first kappa shape index (κ1) is 11.6. The Balaban J connectivity index is 0.000000138. The minimum absolute atomic E-state index is 1.14. The molecule has 0 aliphatic carbocycles. The van der Waals surface area contributed by atoms with Crippen LogP contribution in [-0.4, -0.2) is 42.5 Å². The Morgan fingerprint density at radius 1 is 0.938 bits per heavy atom. The van der Waals surface area contributed by atoms with Gasteiger partial charge in [-0.05, 0) is 18.5 Å². The van der Waals surface area contributed by atoms with Crippen molar-refractivity contribution in [3.8, 4) is 0 Å². The van der Waals surface area contributed by atoms with E-state index in [0.29, 0.717) is 0 Å². The van der Waals surface area contributed by atoms with Crippen LogP contribution in [0.4, 0.5) is 0 Å². The topological polar surface area (TPSA) is 6.02 Å². The SMILES string of the molecule is CCCN1CC1.c1ccc(CN2CC2)cc1. The van der Waals surface area contributed by atoms with Gasteiger partial charge in [-0.15, -0.1) is 0 Å². The Hall–Kier alpha value is -0.860. The lowest BCUT2D eigenvalue weighted by molar-refractivity contribution is 0.552. The average molecular weight is 218 g/mol. The van der Waals surface area contributed by atoms with Crippen LogP contribution in [0.25, 0.3) is 0 Å². The monoisotopic (exact) mass is 218 g/mol. The molecule has 0 amide bonds. The molecule has 88 valence electrons. The van der Waals surface area contributed by atoms with E-state index in [2.05, 4.69) is 47.1 Å². The van der Waals surface area contributed by atoms with Crippen LogP contribution in [0.2, 0.25) is 0 Å². The molecule has 2 aliphatic heterocycles. The van der Waals surface area contributed by atoms with Crippen molar-refractivity contribution in [2.75, 3.05) is 32.7 Å². The largest absolute Gasteiger partial charge is 0.301 e. The Bertz CT molecular complexity index is 289. The zero-order valence-corrected chi connectivity index (χ0v) is 10.2. The molecule has 2 fully saturated rings. The lowest BCUT2D eigenvalue weighted by Gasteiger charge is -1.98. The summed E-state index contributed by atoms with van der Waals surface area (Å²) in [5.41, 5.74) is 1.43. The van der Waals surface area contributed by atoms with Gasteiger partial charge in [0.2, 0.25) is 0 Å². The highest BCUT2D eigenvalue weighted by molar-refractivity contribution is 5.14.